The molecule has 0 aliphatic carbocycles. The van der Waals surface area contributed by atoms with E-state index < -0.39 is 0 Å². The number of aryl methyl sites for hydroxylation is 1. The predicted molar refractivity (Wildman–Crippen MR) is 102 cm³/mol. The lowest BCUT2D eigenvalue weighted by Gasteiger charge is -2.20. The van der Waals surface area contributed by atoms with Crippen LogP contribution in [0, 0.1) is 6.92 Å². The standard InChI is InChI=1S/C21H31NO4/c1-4-25-21(24)11-10-20(23)19-9-8-18(15-16(19)2)26-14-6-13-22-12-5-7-17(22)3/h8-9,15,17H,4-7,10-14H2,1-3H3. The van der Waals surface area contributed by atoms with Crippen LogP contribution in [0.3, 0.4) is 0 Å². The van der Waals surface area contributed by atoms with Crippen molar-refractivity contribution in [2.45, 2.75) is 58.9 Å². The van der Waals surface area contributed by atoms with Crippen LogP contribution >= 0.6 is 0 Å². The van der Waals surface area contributed by atoms with Crippen molar-refractivity contribution in [3.05, 3.63) is 29.3 Å². The molecule has 1 fully saturated rings. The summed E-state index contributed by atoms with van der Waals surface area (Å²) < 4.78 is 10.7. The number of hydrogen-bond donors (Lipinski definition) is 0. The van der Waals surface area contributed by atoms with Gasteiger partial charge in [0, 0.05) is 24.6 Å². The molecule has 5 nitrogen and oxygen atoms in total. The normalized spacial score (nSPS) is 17.3. The maximum Gasteiger partial charge on any atom is 0.306 e. The van der Waals surface area contributed by atoms with Crippen molar-refractivity contribution >= 4 is 11.8 Å². The van der Waals surface area contributed by atoms with Crippen LogP contribution in [0.5, 0.6) is 5.75 Å². The van der Waals surface area contributed by atoms with Gasteiger partial charge < -0.3 is 14.4 Å². The summed E-state index contributed by atoms with van der Waals surface area (Å²) in [6, 6.07) is 6.22. The first kappa shape index (κ1) is 20.4. The van der Waals surface area contributed by atoms with Gasteiger partial charge in [-0.2, -0.15) is 0 Å². The first-order valence-electron chi connectivity index (χ1n) is 9.67. The lowest BCUT2D eigenvalue weighted by Crippen LogP contribution is -2.28. The third-order valence-corrected chi connectivity index (χ3v) is 4.91. The van der Waals surface area contributed by atoms with Crippen molar-refractivity contribution in [2.24, 2.45) is 0 Å². The molecule has 0 spiro atoms. The number of benzene rings is 1. The SMILES string of the molecule is CCOC(=O)CCC(=O)c1ccc(OCCCN2CCCC2C)cc1C. The molecule has 1 unspecified atom stereocenters. The minimum Gasteiger partial charge on any atom is -0.494 e. The minimum absolute atomic E-state index is 0.0369. The van der Waals surface area contributed by atoms with Gasteiger partial charge in [-0.15, -0.1) is 0 Å². The molecule has 1 aromatic carbocycles. The molecule has 0 saturated carbocycles. The molecule has 1 aliphatic rings. The third kappa shape index (κ3) is 6.13. The van der Waals surface area contributed by atoms with Crippen LogP contribution in [0.25, 0.3) is 0 Å². The molecule has 0 bridgehead atoms. The van der Waals surface area contributed by atoms with Crippen LogP contribution in [0.4, 0.5) is 0 Å². The fraction of sp³-hybridized carbons (Fsp3) is 0.619. The number of carbonyl (C=O) groups is 2. The van der Waals surface area contributed by atoms with Gasteiger partial charge in [-0.25, -0.2) is 0 Å². The fourth-order valence-electron chi connectivity index (χ4n) is 3.40. The van der Waals surface area contributed by atoms with Crippen LogP contribution in [0.15, 0.2) is 18.2 Å². The van der Waals surface area contributed by atoms with Gasteiger partial charge in [0.2, 0.25) is 0 Å². The maximum atomic E-state index is 12.3. The Morgan fingerprint density at radius 2 is 2.08 bits per heavy atom. The lowest BCUT2D eigenvalue weighted by molar-refractivity contribution is -0.143. The monoisotopic (exact) mass is 361 g/mol. The van der Waals surface area contributed by atoms with Crippen LogP contribution in [0.2, 0.25) is 0 Å². The summed E-state index contributed by atoms with van der Waals surface area (Å²) in [7, 11) is 0. The molecule has 0 amide bonds. The van der Waals surface area contributed by atoms with Crippen LogP contribution in [0.1, 0.15) is 61.9 Å². The zero-order valence-corrected chi connectivity index (χ0v) is 16.3. The molecule has 1 saturated heterocycles. The van der Waals surface area contributed by atoms with E-state index in [0.29, 0.717) is 24.8 Å². The number of rotatable bonds is 10. The van der Waals surface area contributed by atoms with Gasteiger partial charge in [-0.1, -0.05) is 0 Å². The van der Waals surface area contributed by atoms with E-state index in [0.717, 1.165) is 24.3 Å². The summed E-state index contributed by atoms with van der Waals surface area (Å²) in [6.07, 6.45) is 3.90. The Kier molecular flexibility index (Phi) is 8.10. The van der Waals surface area contributed by atoms with Gasteiger partial charge in [0.15, 0.2) is 5.78 Å². The Morgan fingerprint density at radius 3 is 2.73 bits per heavy atom. The second-order valence-electron chi connectivity index (χ2n) is 6.93. The van der Waals surface area contributed by atoms with Gasteiger partial charge in [0.25, 0.3) is 0 Å². The number of hydrogen-bond acceptors (Lipinski definition) is 5. The Balaban J connectivity index is 1.77. The maximum absolute atomic E-state index is 12.3. The first-order chi connectivity index (χ1) is 12.5. The van der Waals surface area contributed by atoms with Crippen molar-refractivity contribution in [1.82, 2.24) is 4.90 Å². The van der Waals surface area contributed by atoms with Crippen LogP contribution in [-0.4, -0.2) is 49.0 Å². The molecule has 0 N–H and O–H groups in total. The Hall–Kier alpha value is -1.88. The lowest BCUT2D eigenvalue weighted by atomic mass is 10.0. The van der Waals surface area contributed by atoms with Crippen molar-refractivity contribution in [2.75, 3.05) is 26.3 Å². The molecule has 0 radical (unpaired) electrons. The molecular formula is C21H31NO4. The molecule has 1 aliphatic heterocycles. The number of ether oxygens (including phenoxy) is 2. The number of nitrogens with zero attached hydrogens (tertiary/aromatic N) is 1. The Labute approximate surface area is 156 Å². The average molecular weight is 361 g/mol. The molecule has 1 heterocycles. The number of ketones is 1. The Morgan fingerprint density at radius 1 is 1.27 bits per heavy atom. The zero-order valence-electron chi connectivity index (χ0n) is 16.3. The van der Waals surface area contributed by atoms with E-state index >= 15 is 0 Å². The van der Waals surface area contributed by atoms with E-state index in [9.17, 15) is 9.59 Å². The average Bonchev–Trinajstić information content (AvgIpc) is 3.02. The predicted octanol–water partition coefficient (Wildman–Crippen LogP) is 3.77. The van der Waals surface area contributed by atoms with Crippen molar-refractivity contribution in [1.29, 1.82) is 0 Å². The number of Topliss-reactive ketones (excluding diaryl/α,β-unsaturated/α-hetero) is 1. The topological polar surface area (TPSA) is 55.8 Å². The number of likely N-dealkylation sites (tertiary alicyclic amines) is 1. The van der Waals surface area contributed by atoms with Gasteiger partial charge in [-0.05, 0) is 70.3 Å². The van der Waals surface area contributed by atoms with Gasteiger partial charge >= 0.3 is 5.97 Å². The van der Waals surface area contributed by atoms with Gasteiger partial charge in [-0.3, -0.25) is 9.59 Å². The summed E-state index contributed by atoms with van der Waals surface area (Å²) >= 11 is 0. The highest BCUT2D eigenvalue weighted by Gasteiger charge is 2.19. The largest absolute Gasteiger partial charge is 0.494 e. The van der Waals surface area contributed by atoms with E-state index in [1.165, 1.54) is 19.4 Å². The fourth-order valence-corrected chi connectivity index (χ4v) is 3.40. The summed E-state index contributed by atoms with van der Waals surface area (Å²) in [5, 5.41) is 0. The minimum atomic E-state index is -0.328. The van der Waals surface area contributed by atoms with E-state index in [2.05, 4.69) is 11.8 Å². The molecule has 26 heavy (non-hydrogen) atoms. The summed E-state index contributed by atoms with van der Waals surface area (Å²) in [5.74, 6) is 0.426. The van der Waals surface area contributed by atoms with E-state index in [1.807, 2.05) is 19.1 Å². The second kappa shape index (κ2) is 10.3. The van der Waals surface area contributed by atoms with E-state index in [4.69, 9.17) is 9.47 Å². The van der Waals surface area contributed by atoms with Crippen molar-refractivity contribution in [3.63, 3.8) is 0 Å². The molecule has 1 atom stereocenters. The van der Waals surface area contributed by atoms with Crippen molar-refractivity contribution < 1.29 is 19.1 Å². The molecular weight excluding hydrogens is 330 g/mol. The summed E-state index contributed by atoms with van der Waals surface area (Å²) in [6.45, 7) is 9.24. The molecule has 144 valence electrons. The highest BCUT2D eigenvalue weighted by Crippen LogP contribution is 2.20. The molecule has 5 heteroatoms. The van der Waals surface area contributed by atoms with E-state index in [1.54, 1.807) is 13.0 Å². The quantitative estimate of drug-likeness (QED) is 0.361. The number of esters is 1. The van der Waals surface area contributed by atoms with Crippen LogP contribution < -0.4 is 4.74 Å². The Bertz CT molecular complexity index is 614. The zero-order chi connectivity index (χ0) is 18.9. The smallest absolute Gasteiger partial charge is 0.306 e. The summed E-state index contributed by atoms with van der Waals surface area (Å²) in [4.78, 5) is 26.2. The van der Waals surface area contributed by atoms with Gasteiger partial charge in [0.05, 0.1) is 19.6 Å². The highest BCUT2D eigenvalue weighted by atomic mass is 16.5. The third-order valence-electron chi connectivity index (χ3n) is 4.91. The molecule has 0 aromatic heterocycles. The van der Waals surface area contributed by atoms with Gasteiger partial charge in [0.1, 0.15) is 5.75 Å². The summed E-state index contributed by atoms with van der Waals surface area (Å²) in [5.41, 5.74) is 1.53. The van der Waals surface area contributed by atoms with Crippen molar-refractivity contribution in [3.8, 4) is 5.75 Å². The molecule has 1 aromatic rings. The highest BCUT2D eigenvalue weighted by molar-refractivity contribution is 5.98. The number of carbonyl (C=O) groups excluding carboxylic acids is 2. The van der Waals surface area contributed by atoms with E-state index in [-0.39, 0.29) is 24.6 Å². The van der Waals surface area contributed by atoms with Crippen LogP contribution in [-0.2, 0) is 9.53 Å². The first-order valence-corrected chi connectivity index (χ1v) is 9.67. The molecule has 2 rings (SSSR count). The second-order valence-corrected chi connectivity index (χ2v) is 6.93.